The van der Waals surface area contributed by atoms with Crippen molar-refractivity contribution in [3.05, 3.63) is 60.2 Å². The van der Waals surface area contributed by atoms with Crippen molar-refractivity contribution < 1.29 is 26.8 Å². The molecule has 7 heteroatoms. The minimum atomic E-state index is -3.85. The van der Waals surface area contributed by atoms with Gasteiger partial charge in [-0.05, 0) is 29.8 Å². The second kappa shape index (κ2) is 9.38. The van der Waals surface area contributed by atoms with Gasteiger partial charge in [0.2, 0.25) is 0 Å². The normalized spacial score (nSPS) is 11.2. The second-order valence-corrected chi connectivity index (χ2v) is 6.90. The van der Waals surface area contributed by atoms with Crippen LogP contribution in [-0.4, -0.2) is 36.0 Å². The van der Waals surface area contributed by atoms with Crippen LogP contribution in [0.5, 0.6) is 11.5 Å². The summed E-state index contributed by atoms with van der Waals surface area (Å²) in [5.41, 5.74) is 1.54. The van der Waals surface area contributed by atoms with Gasteiger partial charge in [-0.25, -0.2) is 0 Å². The summed E-state index contributed by atoms with van der Waals surface area (Å²) >= 11 is 0. The largest absolute Gasteiger partial charge is 0.496 e. The fourth-order valence-electron chi connectivity index (χ4n) is 2.33. The Balaban J connectivity index is 2.09. The van der Waals surface area contributed by atoms with Crippen molar-refractivity contribution >= 4 is 16.2 Å². The molecule has 0 aliphatic carbocycles. The highest BCUT2D eigenvalue weighted by molar-refractivity contribution is 7.86. The molecule has 26 heavy (non-hydrogen) atoms. The maximum atomic E-state index is 12.3. The highest BCUT2D eigenvalue weighted by Gasteiger charge is 2.17. The molecule has 2 aromatic rings. The molecule has 0 aliphatic heterocycles. The van der Waals surface area contributed by atoms with Gasteiger partial charge in [0.15, 0.2) is 6.79 Å². The third kappa shape index (κ3) is 5.08. The van der Waals surface area contributed by atoms with Crippen LogP contribution in [0.1, 0.15) is 11.1 Å². The molecule has 2 aromatic carbocycles. The Morgan fingerprint density at radius 2 is 1.73 bits per heavy atom. The highest BCUT2D eigenvalue weighted by atomic mass is 32.2. The van der Waals surface area contributed by atoms with Crippen molar-refractivity contribution in [3.8, 4) is 11.5 Å². The fraction of sp³-hybridized carbons (Fsp3) is 0.263. The average Bonchev–Trinajstić information content (AvgIpc) is 2.66. The van der Waals surface area contributed by atoms with Gasteiger partial charge in [0, 0.05) is 19.1 Å². The minimum Gasteiger partial charge on any atom is -0.496 e. The van der Waals surface area contributed by atoms with E-state index in [2.05, 4.69) is 6.58 Å². The van der Waals surface area contributed by atoms with E-state index in [4.69, 9.17) is 18.4 Å². The van der Waals surface area contributed by atoms with E-state index < -0.39 is 10.1 Å². The Kier molecular flexibility index (Phi) is 7.20. The van der Waals surface area contributed by atoms with Crippen LogP contribution in [0.4, 0.5) is 0 Å². The summed E-state index contributed by atoms with van der Waals surface area (Å²) in [5, 5.41) is 0. The SMILES string of the molecule is C=Cc1ccc(S(=O)(=O)OCCc2c(OC)cccc2OCOC)cc1. The zero-order valence-electron chi connectivity index (χ0n) is 14.8. The molecule has 0 spiro atoms. The summed E-state index contributed by atoms with van der Waals surface area (Å²) in [6, 6.07) is 11.6. The van der Waals surface area contributed by atoms with E-state index in [1.807, 2.05) is 0 Å². The smallest absolute Gasteiger partial charge is 0.296 e. The summed E-state index contributed by atoms with van der Waals surface area (Å²) in [7, 11) is -0.785. The van der Waals surface area contributed by atoms with Crippen molar-refractivity contribution in [2.75, 3.05) is 27.6 Å². The minimum absolute atomic E-state index is 0.0464. The topological polar surface area (TPSA) is 71.1 Å². The summed E-state index contributed by atoms with van der Waals surface area (Å²) in [5.74, 6) is 1.15. The molecule has 2 rings (SSSR count). The zero-order chi connectivity index (χ0) is 19.0. The van der Waals surface area contributed by atoms with E-state index in [-0.39, 0.29) is 18.3 Å². The molecule has 140 valence electrons. The molecule has 0 heterocycles. The number of hydrogen-bond acceptors (Lipinski definition) is 6. The van der Waals surface area contributed by atoms with Crippen LogP contribution in [-0.2, 0) is 25.5 Å². The van der Waals surface area contributed by atoms with Crippen molar-refractivity contribution in [1.29, 1.82) is 0 Å². The fourth-order valence-corrected chi connectivity index (χ4v) is 3.24. The molecule has 0 aliphatic rings. The lowest BCUT2D eigenvalue weighted by atomic mass is 10.1. The quantitative estimate of drug-likeness (QED) is 0.467. The Morgan fingerprint density at radius 1 is 1.04 bits per heavy atom. The van der Waals surface area contributed by atoms with Crippen LogP contribution in [0.15, 0.2) is 53.9 Å². The van der Waals surface area contributed by atoms with Gasteiger partial charge in [0.1, 0.15) is 11.5 Å². The third-order valence-corrected chi connectivity index (χ3v) is 4.96. The van der Waals surface area contributed by atoms with Gasteiger partial charge in [-0.15, -0.1) is 0 Å². The van der Waals surface area contributed by atoms with Gasteiger partial charge in [-0.1, -0.05) is 30.9 Å². The molecule has 0 radical (unpaired) electrons. The molecule has 0 saturated carbocycles. The van der Waals surface area contributed by atoms with Crippen molar-refractivity contribution in [3.63, 3.8) is 0 Å². The number of benzene rings is 2. The second-order valence-electron chi connectivity index (χ2n) is 5.29. The molecule has 0 aromatic heterocycles. The van der Waals surface area contributed by atoms with Crippen molar-refractivity contribution in [1.82, 2.24) is 0 Å². The standard InChI is InChI=1S/C19H22O6S/c1-4-15-8-10-16(11-9-15)26(20,21)25-13-12-17-18(23-3)6-5-7-19(17)24-14-22-2/h4-11H,1,12-14H2,2-3H3. The van der Waals surface area contributed by atoms with Gasteiger partial charge in [0.25, 0.3) is 10.1 Å². The van der Waals surface area contributed by atoms with Crippen LogP contribution in [0.25, 0.3) is 6.08 Å². The highest BCUT2D eigenvalue weighted by Crippen LogP contribution is 2.29. The van der Waals surface area contributed by atoms with Crippen LogP contribution in [0.3, 0.4) is 0 Å². The first-order valence-electron chi connectivity index (χ1n) is 7.91. The predicted octanol–water partition coefficient (Wildman–Crippen LogP) is 3.27. The molecule has 0 bridgehead atoms. The van der Waals surface area contributed by atoms with Gasteiger partial charge in [-0.3, -0.25) is 4.18 Å². The van der Waals surface area contributed by atoms with Gasteiger partial charge < -0.3 is 14.2 Å². The Bertz CT molecular complexity index is 828. The Hall–Kier alpha value is -2.35. The van der Waals surface area contributed by atoms with Crippen LogP contribution < -0.4 is 9.47 Å². The predicted molar refractivity (Wildman–Crippen MR) is 98.9 cm³/mol. The summed E-state index contributed by atoms with van der Waals surface area (Å²) in [6.07, 6.45) is 1.94. The summed E-state index contributed by atoms with van der Waals surface area (Å²) in [6.45, 7) is 3.67. The van der Waals surface area contributed by atoms with Crippen LogP contribution in [0, 0.1) is 0 Å². The first kappa shape index (κ1) is 20.0. The molecule has 0 saturated heterocycles. The van der Waals surface area contributed by atoms with Crippen molar-refractivity contribution in [2.45, 2.75) is 11.3 Å². The van der Waals surface area contributed by atoms with E-state index >= 15 is 0 Å². The maximum absolute atomic E-state index is 12.3. The molecular weight excluding hydrogens is 356 g/mol. The van der Waals surface area contributed by atoms with Crippen molar-refractivity contribution in [2.24, 2.45) is 0 Å². The van der Waals surface area contributed by atoms with Crippen LogP contribution >= 0.6 is 0 Å². The first-order valence-corrected chi connectivity index (χ1v) is 9.32. The number of methoxy groups -OCH3 is 2. The third-order valence-electron chi connectivity index (χ3n) is 3.64. The molecule has 0 atom stereocenters. The maximum Gasteiger partial charge on any atom is 0.296 e. The molecular formula is C19H22O6S. The lowest BCUT2D eigenvalue weighted by molar-refractivity contribution is 0.0501. The van der Waals surface area contributed by atoms with E-state index in [0.29, 0.717) is 23.5 Å². The van der Waals surface area contributed by atoms with Crippen LogP contribution in [0.2, 0.25) is 0 Å². The van der Waals surface area contributed by atoms with Gasteiger partial charge >= 0.3 is 0 Å². The first-order chi connectivity index (χ1) is 12.5. The summed E-state index contributed by atoms with van der Waals surface area (Å²) in [4.78, 5) is 0.0963. The summed E-state index contributed by atoms with van der Waals surface area (Å²) < 4.78 is 45.5. The molecule has 0 amide bonds. The van der Waals surface area contributed by atoms with E-state index in [1.165, 1.54) is 26.4 Å². The molecule has 0 N–H and O–H groups in total. The molecule has 6 nitrogen and oxygen atoms in total. The monoisotopic (exact) mass is 378 g/mol. The van der Waals surface area contributed by atoms with E-state index in [1.54, 1.807) is 36.4 Å². The molecule has 0 unspecified atom stereocenters. The number of hydrogen-bond donors (Lipinski definition) is 0. The number of rotatable bonds is 10. The lowest BCUT2D eigenvalue weighted by Crippen LogP contribution is -2.11. The van der Waals surface area contributed by atoms with E-state index in [9.17, 15) is 8.42 Å². The molecule has 0 fully saturated rings. The van der Waals surface area contributed by atoms with Gasteiger partial charge in [-0.2, -0.15) is 8.42 Å². The number of ether oxygens (including phenoxy) is 3. The van der Waals surface area contributed by atoms with Gasteiger partial charge in [0.05, 0.1) is 18.6 Å². The zero-order valence-corrected chi connectivity index (χ0v) is 15.6. The lowest BCUT2D eigenvalue weighted by Gasteiger charge is -2.14. The Labute approximate surface area is 154 Å². The Morgan fingerprint density at radius 3 is 2.35 bits per heavy atom. The van der Waals surface area contributed by atoms with E-state index in [0.717, 1.165) is 5.56 Å². The average molecular weight is 378 g/mol.